The van der Waals surface area contributed by atoms with Crippen LogP contribution in [0.1, 0.15) is 408 Å². The second-order valence-corrected chi connectivity index (χ2v) is 43.8. The van der Waals surface area contributed by atoms with Gasteiger partial charge in [0.1, 0.15) is 45.2 Å². The number of alkyl carbamates (subject to hydrolysis) is 6. The molecule has 0 unspecified atom stereocenters. The maximum atomic E-state index is 12.7. The Labute approximate surface area is 862 Å². The Balaban J connectivity index is 0.00000164. The van der Waals surface area contributed by atoms with Crippen LogP contribution in [-0.2, 0) is 96.0 Å². The largest absolute Gasteiger partial charge is 1.00 e. The fourth-order valence-corrected chi connectivity index (χ4v) is 17.8. The van der Waals surface area contributed by atoms with E-state index in [-0.39, 0.29) is 103 Å². The van der Waals surface area contributed by atoms with E-state index in [0.717, 1.165) is 179 Å². The number of carbonyl (C=O) groups is 15. The fourth-order valence-electron chi connectivity index (χ4n) is 17.8. The molecule has 7 saturated carbocycles. The number of aromatic amines is 1. The molecule has 7 amide bonds. The van der Waals surface area contributed by atoms with Gasteiger partial charge in [0.15, 0.2) is 5.69 Å². The van der Waals surface area contributed by atoms with E-state index in [4.69, 9.17) is 54.0 Å². The minimum atomic E-state index is -0.984. The average Bonchev–Trinajstić information content (AvgIpc) is 1.59. The Hall–Kier alpha value is -8.89. The Kier molecular flexibility index (Phi) is 56.7. The van der Waals surface area contributed by atoms with Crippen LogP contribution >= 0.6 is 0 Å². The number of esters is 4. The molecule has 0 bridgehead atoms. The summed E-state index contributed by atoms with van der Waals surface area (Å²) < 4.78 is 51.0. The number of Topliss-reactive ketones (excluding diaryl/α,β-unsaturated/α-hetero) is 3. The SMILES string of the molecule is CC(=O)C1(CNC(=O)OC(C)(C)C)CCCCC1.CC(C)(C)OC(=O)NCC1(C(=O)O)CCCCC1.CCOC(=O)C(=O)CC(=O)C1(CNC(=O)OC(C)(C)C)CCCCC1.CCOC(=O)C1(CNC(=O)OC(C)(C)C)CCCCC1.CCOC(=O)c1cc(C2(CNC(=O)OC(C)(C)C)CCCCC2)[nH]n1.CON(C)C(=O)C1(CNC(=O)OC(C)(C)C)CCCCC1.[C-]#[N+]C1(C(=O)OCC)CCCCC1.[H-].[Na+]. The van der Waals surface area contributed by atoms with E-state index in [0.29, 0.717) is 78.0 Å². The van der Waals surface area contributed by atoms with E-state index < -0.39 is 127 Å². The van der Waals surface area contributed by atoms with E-state index >= 15 is 0 Å². The number of rotatable bonds is 28. The molecular weight excluding hydrogens is 1830 g/mol. The predicted molar refractivity (Wildman–Crippen MR) is 528 cm³/mol. The monoisotopic (exact) mass is 2010 g/mol. The first-order valence-corrected chi connectivity index (χ1v) is 50.7. The number of amides is 7. The summed E-state index contributed by atoms with van der Waals surface area (Å²) in [6.07, 6.45) is 28.4. The van der Waals surface area contributed by atoms with Crippen molar-refractivity contribution in [1.29, 1.82) is 0 Å². The quantitative estimate of drug-likeness (QED) is 0.00734. The maximum absolute atomic E-state index is 12.7. The van der Waals surface area contributed by atoms with Crippen LogP contribution in [0.25, 0.3) is 4.85 Å². The molecule has 8 rings (SSSR count). The summed E-state index contributed by atoms with van der Waals surface area (Å²) in [5, 5.41) is 34.0. The van der Waals surface area contributed by atoms with Crippen molar-refractivity contribution in [1.82, 2.24) is 47.2 Å². The zero-order valence-electron chi connectivity index (χ0n) is 91.5. The fraction of sp³-hybridized carbons (Fsp3) is 0.816. The van der Waals surface area contributed by atoms with Crippen molar-refractivity contribution in [3.63, 3.8) is 0 Å². The maximum Gasteiger partial charge on any atom is 1.00 e. The van der Waals surface area contributed by atoms with Gasteiger partial charge in [-0.15, -0.1) is 0 Å². The number of hydrogen-bond donors (Lipinski definition) is 8. The molecule has 0 aliphatic heterocycles. The molecule has 1 aromatic heterocycles. The van der Waals surface area contributed by atoms with Crippen molar-refractivity contribution in [2.45, 2.75) is 435 Å². The number of hydrogen-bond acceptors (Lipinski definition) is 27. The third kappa shape index (κ3) is 49.0. The summed E-state index contributed by atoms with van der Waals surface area (Å²) >= 11 is 0. The molecule has 1 heterocycles. The number of aromatic nitrogens is 2. The van der Waals surface area contributed by atoms with Gasteiger partial charge in [0.05, 0.1) is 56.2 Å². The molecule has 37 nitrogen and oxygen atoms in total. The second kappa shape index (κ2) is 61.4. The third-order valence-corrected chi connectivity index (χ3v) is 25.2. The van der Waals surface area contributed by atoms with Gasteiger partial charge in [0, 0.05) is 81.1 Å². The van der Waals surface area contributed by atoms with E-state index in [9.17, 15) is 77.0 Å². The molecule has 7 aliphatic carbocycles. The van der Waals surface area contributed by atoms with E-state index in [1.165, 1.54) is 25.0 Å². The molecule has 8 N–H and O–H groups in total. The van der Waals surface area contributed by atoms with E-state index in [1.807, 2.05) is 83.1 Å². The first kappa shape index (κ1) is 130. The summed E-state index contributed by atoms with van der Waals surface area (Å²) in [6, 6.07) is 1.75. The Bertz CT molecular complexity index is 4060. The van der Waals surface area contributed by atoms with Gasteiger partial charge < -0.3 is 85.8 Å². The topological polar surface area (TPSA) is 486 Å². The number of ether oxygens (including phenoxy) is 10. The number of aliphatic carboxylic acids is 1. The number of ketones is 3. The van der Waals surface area contributed by atoms with Crippen molar-refractivity contribution in [3.8, 4) is 0 Å². The smallest absolute Gasteiger partial charge is 1.00 e. The summed E-state index contributed by atoms with van der Waals surface area (Å²) in [5.41, 5.74) is -6.42. The van der Waals surface area contributed by atoms with Gasteiger partial charge in [-0.05, 0) is 255 Å². The van der Waals surface area contributed by atoms with Crippen LogP contribution in [0.5, 0.6) is 0 Å². The standard InChI is InChI=1S/C18H29N3O4.C18H29NO6.C15H28N2O4.C15H27NO4.C14H25NO3.C13H23NO4.C10H15NO2.Na.H/c1-5-24-15(22)13-11-14(21-20-13)18(9-7-6-8-10-18)12-19-16(23)25-17(2,3)4;1-5-24-15(22)13(20)11-14(21)18(9-7-6-8-10-18)12-19-16(23)25-17(2,3)4;1-14(2,3)21-13(19)16-11-15(9-7-6-8-10-15)12(18)17(4)20-5;1-5-19-12(17)15(9-7-6-8-10-15)11-16-13(18)20-14(2,3)4;1-11(16)14(8-6-5-7-9-14)10-15-12(17)18-13(2,3)4;1-12(2,3)18-11(17)14-9-13(10(15)16)7-5-4-6-8-13;1-3-13-9(12)10(11-2)7-5-4-6-8-10;;/h11H,5-10,12H2,1-4H3,(H,19,23)(H,20,21);5-12H2,1-4H3,(H,19,23);6-11H2,1-5H3,(H,16,19);5-11H2,1-4H3,(H,16,18);5-10H2,1-4H3,(H,15,17);4-9H2,1-3H3,(H,14,17)(H,15,16);3-8H2,1H3;;/q;;;;;;;+1;-1. The van der Waals surface area contributed by atoms with Crippen LogP contribution in [0.3, 0.4) is 0 Å². The number of carbonyl (C=O) groups excluding carboxylic acids is 14. The summed E-state index contributed by atoms with van der Waals surface area (Å²) in [4.78, 5) is 187. The zero-order valence-corrected chi connectivity index (χ0v) is 92.5. The summed E-state index contributed by atoms with van der Waals surface area (Å²) in [6.45, 7) is 50.9. The van der Waals surface area contributed by atoms with Crippen LogP contribution in [0.4, 0.5) is 28.8 Å². The van der Waals surface area contributed by atoms with Crippen molar-refractivity contribution >= 4 is 89.7 Å². The van der Waals surface area contributed by atoms with Crippen molar-refractivity contribution in [2.75, 3.05) is 79.9 Å². The normalized spacial score (nSPS) is 18.0. The molecular formula is C103H177N10NaO27. The molecule has 802 valence electrons. The van der Waals surface area contributed by atoms with Crippen LogP contribution in [0, 0.1) is 33.6 Å². The molecule has 38 heteroatoms. The predicted octanol–water partition coefficient (Wildman–Crippen LogP) is 16.3. The van der Waals surface area contributed by atoms with Crippen molar-refractivity contribution in [2.24, 2.45) is 27.1 Å². The number of H-pyrrole nitrogens is 1. The Morgan fingerprint density at radius 3 is 1.01 bits per heavy atom. The van der Waals surface area contributed by atoms with Gasteiger partial charge in [0.25, 0.3) is 5.91 Å². The third-order valence-electron chi connectivity index (χ3n) is 25.2. The number of carboxylic acids is 1. The van der Waals surface area contributed by atoms with Gasteiger partial charge >= 0.3 is 102 Å². The molecule has 1 aromatic rings. The minimum absolute atomic E-state index is 0. The van der Waals surface area contributed by atoms with Gasteiger partial charge in [-0.2, -0.15) is 5.10 Å². The van der Waals surface area contributed by atoms with Gasteiger partial charge in [-0.1, -0.05) is 122 Å². The van der Waals surface area contributed by atoms with E-state index in [2.05, 4.69) is 51.7 Å². The minimum Gasteiger partial charge on any atom is -1.00 e. The molecule has 0 atom stereocenters. The number of nitrogens with zero attached hydrogens (tertiary/aromatic N) is 3. The van der Waals surface area contributed by atoms with Crippen LogP contribution in [-0.4, -0.2) is 229 Å². The van der Waals surface area contributed by atoms with Gasteiger partial charge in [0.2, 0.25) is 5.78 Å². The van der Waals surface area contributed by atoms with Gasteiger partial charge in [-0.25, -0.2) is 54.8 Å². The summed E-state index contributed by atoms with van der Waals surface area (Å²) in [5.74, 6) is -3.81. The Morgan fingerprint density at radius 1 is 0.397 bits per heavy atom. The van der Waals surface area contributed by atoms with Crippen LogP contribution in [0.15, 0.2) is 6.07 Å². The number of hydroxylamine groups is 2. The molecule has 0 aromatic carbocycles. The average molecular weight is 2010 g/mol. The Morgan fingerprint density at radius 2 is 0.681 bits per heavy atom. The second-order valence-electron chi connectivity index (χ2n) is 43.8. The molecule has 7 fully saturated rings. The zero-order chi connectivity index (χ0) is 106. The number of nitrogens with one attached hydrogen (secondary N) is 7. The number of carboxylic acid groups (broad SMARTS) is 1. The summed E-state index contributed by atoms with van der Waals surface area (Å²) in [7, 11) is 3.07. The van der Waals surface area contributed by atoms with Crippen molar-refractivity contribution < 1.29 is 160 Å². The van der Waals surface area contributed by atoms with Gasteiger partial charge in [-0.3, -0.25) is 43.5 Å². The molecule has 0 saturated heterocycles. The molecule has 141 heavy (non-hydrogen) atoms. The molecule has 7 aliphatic rings. The first-order valence-electron chi connectivity index (χ1n) is 50.7. The molecule has 0 radical (unpaired) electrons. The first-order chi connectivity index (χ1) is 65.1. The van der Waals surface area contributed by atoms with E-state index in [1.54, 1.807) is 89.3 Å². The molecule has 0 spiro atoms. The van der Waals surface area contributed by atoms with Crippen molar-refractivity contribution in [3.05, 3.63) is 28.9 Å². The van der Waals surface area contributed by atoms with Crippen LogP contribution in [0.2, 0.25) is 0 Å². The van der Waals surface area contributed by atoms with Crippen LogP contribution < -0.4 is 61.5 Å².